The van der Waals surface area contributed by atoms with Crippen molar-refractivity contribution in [3.05, 3.63) is 23.8 Å². The van der Waals surface area contributed by atoms with E-state index in [1.807, 2.05) is 6.92 Å². The fraction of sp³-hybridized carbons (Fsp3) is 0.500. The van der Waals surface area contributed by atoms with Crippen LogP contribution in [0.25, 0.3) is 0 Å². The number of hydrogen-bond acceptors (Lipinski definition) is 4. The highest BCUT2D eigenvalue weighted by Crippen LogP contribution is 2.29. The van der Waals surface area contributed by atoms with Crippen LogP contribution in [0.2, 0.25) is 0 Å². The van der Waals surface area contributed by atoms with Crippen molar-refractivity contribution >= 4 is 27.6 Å². The average molecular weight is 354 g/mol. The third kappa shape index (κ3) is 3.93. The normalized spacial score (nSPS) is 22.1. The van der Waals surface area contributed by atoms with Gasteiger partial charge < -0.3 is 10.4 Å². The van der Waals surface area contributed by atoms with Gasteiger partial charge in [0.2, 0.25) is 15.9 Å². The van der Waals surface area contributed by atoms with Crippen LogP contribution in [0.15, 0.2) is 23.1 Å². The number of carboxylic acids is 1. The summed E-state index contributed by atoms with van der Waals surface area (Å²) in [5, 5.41) is 11.8. The predicted octanol–water partition coefficient (Wildman–Crippen LogP) is 1.68. The van der Waals surface area contributed by atoms with Gasteiger partial charge >= 0.3 is 5.97 Å². The first-order valence-electron chi connectivity index (χ1n) is 7.72. The Morgan fingerprint density at radius 3 is 2.54 bits per heavy atom. The van der Waals surface area contributed by atoms with Gasteiger partial charge in [-0.1, -0.05) is 13.0 Å². The van der Waals surface area contributed by atoms with Gasteiger partial charge in [0.05, 0.1) is 10.8 Å². The van der Waals surface area contributed by atoms with E-state index in [9.17, 15) is 23.1 Å². The van der Waals surface area contributed by atoms with Crippen molar-refractivity contribution in [3.8, 4) is 0 Å². The number of amides is 1. The van der Waals surface area contributed by atoms with Gasteiger partial charge in [-0.05, 0) is 37.0 Å². The summed E-state index contributed by atoms with van der Waals surface area (Å²) in [6, 6.07) is 4.52. The van der Waals surface area contributed by atoms with Crippen LogP contribution in [0.5, 0.6) is 0 Å². The molecule has 0 saturated carbocycles. The molecule has 2 unspecified atom stereocenters. The number of carbonyl (C=O) groups is 2. The monoisotopic (exact) mass is 354 g/mol. The van der Waals surface area contributed by atoms with E-state index in [0.29, 0.717) is 12.1 Å². The number of rotatable bonds is 4. The van der Waals surface area contributed by atoms with Gasteiger partial charge in [0, 0.05) is 25.7 Å². The SMILES string of the molecule is CC(=O)Nc1cc(S(=O)(=O)N2CC(C)CC(C(=O)O)C2)ccc1C. The minimum Gasteiger partial charge on any atom is -0.481 e. The Kier molecular flexibility index (Phi) is 5.29. The van der Waals surface area contributed by atoms with Crippen molar-refractivity contribution in [2.75, 3.05) is 18.4 Å². The topological polar surface area (TPSA) is 104 Å². The first-order chi connectivity index (χ1) is 11.1. The van der Waals surface area contributed by atoms with E-state index >= 15 is 0 Å². The number of aryl methyl sites for hydroxylation is 1. The lowest BCUT2D eigenvalue weighted by Gasteiger charge is -2.33. The van der Waals surface area contributed by atoms with E-state index in [1.165, 1.54) is 23.4 Å². The minimum absolute atomic E-state index is 0.0325. The second-order valence-corrected chi connectivity index (χ2v) is 8.29. The van der Waals surface area contributed by atoms with Crippen molar-refractivity contribution in [3.63, 3.8) is 0 Å². The molecule has 1 heterocycles. The number of hydrogen-bond donors (Lipinski definition) is 2. The zero-order valence-corrected chi connectivity index (χ0v) is 14.8. The number of aliphatic carboxylic acids is 1. The molecule has 2 N–H and O–H groups in total. The van der Waals surface area contributed by atoms with E-state index in [1.54, 1.807) is 13.0 Å². The Hall–Kier alpha value is -1.93. The van der Waals surface area contributed by atoms with Crippen LogP contribution in [-0.2, 0) is 19.6 Å². The van der Waals surface area contributed by atoms with Gasteiger partial charge in [-0.3, -0.25) is 9.59 Å². The maximum Gasteiger partial charge on any atom is 0.307 e. The largest absolute Gasteiger partial charge is 0.481 e. The molecule has 1 aliphatic heterocycles. The highest BCUT2D eigenvalue weighted by atomic mass is 32.2. The van der Waals surface area contributed by atoms with Crippen LogP contribution in [0.3, 0.4) is 0 Å². The summed E-state index contributed by atoms with van der Waals surface area (Å²) in [5.74, 6) is -2.01. The number of carboxylic acid groups (broad SMARTS) is 1. The molecule has 0 bridgehead atoms. The summed E-state index contributed by atoms with van der Waals surface area (Å²) in [4.78, 5) is 22.6. The highest BCUT2D eigenvalue weighted by molar-refractivity contribution is 7.89. The van der Waals surface area contributed by atoms with Crippen molar-refractivity contribution in [1.29, 1.82) is 0 Å². The van der Waals surface area contributed by atoms with Gasteiger partial charge in [-0.2, -0.15) is 4.31 Å². The van der Waals surface area contributed by atoms with Crippen molar-refractivity contribution in [1.82, 2.24) is 4.31 Å². The molecule has 0 spiro atoms. The van der Waals surface area contributed by atoms with Crippen molar-refractivity contribution < 1.29 is 23.1 Å². The second-order valence-electron chi connectivity index (χ2n) is 6.36. The molecule has 0 radical (unpaired) electrons. The van der Waals surface area contributed by atoms with Crippen molar-refractivity contribution in [2.45, 2.75) is 32.1 Å². The predicted molar refractivity (Wildman–Crippen MR) is 89.1 cm³/mol. The summed E-state index contributed by atoms with van der Waals surface area (Å²) < 4.78 is 27.0. The molecule has 0 aromatic heterocycles. The Balaban J connectivity index is 2.36. The minimum atomic E-state index is -3.82. The van der Waals surface area contributed by atoms with Gasteiger partial charge in [0.1, 0.15) is 0 Å². The molecule has 8 heteroatoms. The van der Waals surface area contributed by atoms with Crippen LogP contribution >= 0.6 is 0 Å². The zero-order valence-electron chi connectivity index (χ0n) is 13.9. The van der Waals surface area contributed by atoms with Crippen LogP contribution in [0.4, 0.5) is 5.69 Å². The molecular weight excluding hydrogens is 332 g/mol. The van der Waals surface area contributed by atoms with Gasteiger partial charge in [-0.15, -0.1) is 0 Å². The number of piperidine rings is 1. The highest BCUT2D eigenvalue weighted by Gasteiger charge is 2.36. The van der Waals surface area contributed by atoms with Crippen LogP contribution in [0, 0.1) is 18.8 Å². The number of benzene rings is 1. The summed E-state index contributed by atoms with van der Waals surface area (Å²) in [7, 11) is -3.82. The van der Waals surface area contributed by atoms with Crippen molar-refractivity contribution in [2.24, 2.45) is 11.8 Å². The Morgan fingerprint density at radius 2 is 1.96 bits per heavy atom. The summed E-state index contributed by atoms with van der Waals surface area (Å²) in [6.07, 6.45) is 0.465. The third-order valence-electron chi connectivity index (χ3n) is 4.13. The fourth-order valence-electron chi connectivity index (χ4n) is 2.91. The molecule has 1 fully saturated rings. The number of anilines is 1. The fourth-order valence-corrected chi connectivity index (χ4v) is 4.54. The summed E-state index contributed by atoms with van der Waals surface area (Å²) >= 11 is 0. The number of nitrogens with one attached hydrogen (secondary N) is 1. The summed E-state index contributed by atoms with van der Waals surface area (Å²) in [5.41, 5.74) is 1.18. The smallest absolute Gasteiger partial charge is 0.307 e. The molecule has 1 aliphatic rings. The molecule has 132 valence electrons. The number of sulfonamides is 1. The van der Waals surface area contributed by atoms with E-state index in [4.69, 9.17) is 0 Å². The average Bonchev–Trinajstić information content (AvgIpc) is 2.48. The van der Waals surface area contributed by atoms with Gasteiger partial charge in [0.15, 0.2) is 0 Å². The molecule has 1 aromatic carbocycles. The molecule has 1 amide bonds. The van der Waals surface area contributed by atoms with E-state index in [2.05, 4.69) is 5.32 Å². The first-order valence-corrected chi connectivity index (χ1v) is 9.16. The summed E-state index contributed by atoms with van der Waals surface area (Å²) in [6.45, 7) is 5.21. The van der Waals surface area contributed by atoms with Crippen LogP contribution in [-0.4, -0.2) is 42.8 Å². The number of carbonyl (C=O) groups excluding carboxylic acids is 1. The Morgan fingerprint density at radius 1 is 1.29 bits per heavy atom. The molecule has 2 rings (SSSR count). The zero-order chi connectivity index (χ0) is 18.1. The van der Waals surface area contributed by atoms with Gasteiger partial charge in [-0.25, -0.2) is 8.42 Å². The lowest BCUT2D eigenvalue weighted by molar-refractivity contribution is -0.143. The number of nitrogens with zero attached hydrogens (tertiary/aromatic N) is 1. The standard InChI is InChI=1S/C16H22N2O5S/c1-10-6-13(16(20)21)9-18(8-10)24(22,23)14-5-4-11(2)15(7-14)17-12(3)19/h4-5,7,10,13H,6,8-9H2,1-3H3,(H,17,19)(H,20,21). The Labute approximate surface area is 141 Å². The molecule has 1 saturated heterocycles. The van der Waals surface area contributed by atoms with E-state index in [-0.39, 0.29) is 29.8 Å². The maximum absolute atomic E-state index is 12.9. The second kappa shape index (κ2) is 6.90. The van der Waals surface area contributed by atoms with Crippen LogP contribution < -0.4 is 5.32 Å². The van der Waals surface area contributed by atoms with Crippen LogP contribution in [0.1, 0.15) is 25.8 Å². The molecule has 2 atom stereocenters. The first kappa shape index (κ1) is 18.4. The third-order valence-corrected chi connectivity index (χ3v) is 5.96. The molecule has 1 aromatic rings. The molecular formula is C16H22N2O5S. The molecule has 7 nitrogen and oxygen atoms in total. The molecule has 24 heavy (non-hydrogen) atoms. The quantitative estimate of drug-likeness (QED) is 0.856. The lowest BCUT2D eigenvalue weighted by Crippen LogP contribution is -2.45. The van der Waals surface area contributed by atoms with E-state index in [0.717, 1.165) is 5.56 Å². The van der Waals surface area contributed by atoms with Gasteiger partial charge in [0.25, 0.3) is 0 Å². The molecule has 0 aliphatic carbocycles. The van der Waals surface area contributed by atoms with E-state index < -0.39 is 21.9 Å². The lowest BCUT2D eigenvalue weighted by atomic mass is 9.92. The Bertz CT molecular complexity index is 760. The maximum atomic E-state index is 12.9.